The molecule has 1 atom stereocenters. The molecule has 0 spiro atoms. The lowest BCUT2D eigenvalue weighted by Gasteiger charge is -2.05. The van der Waals surface area contributed by atoms with E-state index in [0.717, 1.165) is 5.56 Å². The average Bonchev–Trinajstić information content (AvgIpc) is 2.27. The lowest BCUT2D eigenvalue weighted by molar-refractivity contribution is -0.123. The number of hydrogen-bond acceptors (Lipinski definition) is 2. The Labute approximate surface area is 80.3 Å². The van der Waals surface area contributed by atoms with E-state index in [-0.39, 0.29) is 5.91 Å². The number of halogens is 1. The van der Waals surface area contributed by atoms with Gasteiger partial charge in [0.1, 0.15) is 0 Å². The van der Waals surface area contributed by atoms with Crippen molar-refractivity contribution in [3.05, 3.63) is 28.3 Å². The van der Waals surface area contributed by atoms with E-state index in [1.807, 2.05) is 6.92 Å². The van der Waals surface area contributed by atoms with Gasteiger partial charge in [-0.3, -0.25) is 4.79 Å². The van der Waals surface area contributed by atoms with Crippen LogP contribution in [0.15, 0.2) is 12.1 Å². The highest BCUT2D eigenvalue weighted by Gasteiger charge is 2.30. The van der Waals surface area contributed by atoms with Crippen LogP contribution in [0, 0.1) is 6.92 Å². The van der Waals surface area contributed by atoms with Crippen LogP contribution in [0.1, 0.15) is 17.2 Å². The largest absolute Gasteiger partial charge is 0.378 e. The second kappa shape index (κ2) is 2.72. The van der Waals surface area contributed by atoms with Crippen LogP contribution in [0.4, 0.5) is 5.69 Å². The Kier molecular flexibility index (Phi) is 1.78. The minimum absolute atomic E-state index is 0.389. The maximum Gasteiger partial charge on any atom is 0.257 e. The van der Waals surface area contributed by atoms with Gasteiger partial charge in [-0.15, -0.1) is 0 Å². The van der Waals surface area contributed by atoms with Crippen LogP contribution in [-0.4, -0.2) is 11.0 Å². The molecule has 2 rings (SSSR count). The van der Waals surface area contributed by atoms with E-state index in [2.05, 4.69) is 5.32 Å². The molecule has 0 aliphatic carbocycles. The van der Waals surface area contributed by atoms with Crippen molar-refractivity contribution in [2.45, 2.75) is 13.0 Å². The average molecular weight is 198 g/mol. The predicted octanol–water partition coefficient (Wildman–Crippen LogP) is 1.63. The van der Waals surface area contributed by atoms with Crippen LogP contribution in [0.5, 0.6) is 0 Å². The molecular weight excluding hydrogens is 190 g/mol. The van der Waals surface area contributed by atoms with Gasteiger partial charge in [0.2, 0.25) is 0 Å². The molecule has 1 aromatic rings. The van der Waals surface area contributed by atoms with Crippen LogP contribution in [-0.2, 0) is 4.79 Å². The molecule has 0 radical (unpaired) electrons. The molecular formula is C9H8ClNO2. The number of carbonyl (C=O) groups excluding carboxylic acids is 1. The van der Waals surface area contributed by atoms with Crippen LogP contribution in [0.25, 0.3) is 0 Å². The topological polar surface area (TPSA) is 49.3 Å². The molecule has 2 N–H and O–H groups in total. The highest BCUT2D eigenvalue weighted by atomic mass is 35.5. The van der Waals surface area contributed by atoms with E-state index in [9.17, 15) is 9.90 Å². The molecule has 0 aromatic heterocycles. The zero-order valence-corrected chi connectivity index (χ0v) is 7.72. The van der Waals surface area contributed by atoms with Gasteiger partial charge in [0.15, 0.2) is 6.10 Å². The summed E-state index contributed by atoms with van der Waals surface area (Å²) in [5, 5.41) is 12.6. The van der Waals surface area contributed by atoms with E-state index in [0.29, 0.717) is 16.3 Å². The van der Waals surface area contributed by atoms with Crippen molar-refractivity contribution in [1.82, 2.24) is 0 Å². The molecule has 1 unspecified atom stereocenters. The molecule has 0 bridgehead atoms. The first-order chi connectivity index (χ1) is 6.09. The summed E-state index contributed by atoms with van der Waals surface area (Å²) in [6, 6.07) is 3.36. The highest BCUT2D eigenvalue weighted by molar-refractivity contribution is 6.31. The van der Waals surface area contributed by atoms with Gasteiger partial charge < -0.3 is 10.4 Å². The minimum Gasteiger partial charge on any atom is -0.378 e. The fourth-order valence-corrected chi connectivity index (χ4v) is 1.83. The number of rotatable bonds is 0. The third-order valence-electron chi connectivity index (χ3n) is 2.13. The molecule has 4 heteroatoms. The zero-order chi connectivity index (χ0) is 9.59. The van der Waals surface area contributed by atoms with Gasteiger partial charge in [0.25, 0.3) is 5.91 Å². The molecule has 1 amide bonds. The Morgan fingerprint density at radius 3 is 2.92 bits per heavy atom. The van der Waals surface area contributed by atoms with Gasteiger partial charge in [-0.2, -0.15) is 0 Å². The molecule has 3 nitrogen and oxygen atoms in total. The van der Waals surface area contributed by atoms with Crippen LogP contribution < -0.4 is 5.32 Å². The number of carbonyl (C=O) groups is 1. The van der Waals surface area contributed by atoms with Gasteiger partial charge in [-0.25, -0.2) is 0 Å². The SMILES string of the molecule is Cc1cc(Cl)cc2c1C(O)C(=O)N2. The van der Waals surface area contributed by atoms with Gasteiger partial charge in [-0.05, 0) is 24.6 Å². The third-order valence-corrected chi connectivity index (χ3v) is 2.35. The summed E-state index contributed by atoms with van der Waals surface area (Å²) in [6.45, 7) is 1.81. The number of hydrogen-bond donors (Lipinski definition) is 2. The first kappa shape index (κ1) is 8.53. The second-order valence-electron chi connectivity index (χ2n) is 3.08. The zero-order valence-electron chi connectivity index (χ0n) is 6.97. The Balaban J connectivity index is 2.64. The summed E-state index contributed by atoms with van der Waals surface area (Å²) in [5.41, 5.74) is 2.07. The van der Waals surface area contributed by atoms with Crippen molar-refractivity contribution >= 4 is 23.2 Å². The van der Waals surface area contributed by atoms with Crippen LogP contribution in [0.2, 0.25) is 5.02 Å². The number of anilines is 1. The molecule has 0 saturated heterocycles. The normalized spacial score (nSPS) is 19.9. The van der Waals surface area contributed by atoms with E-state index in [1.54, 1.807) is 12.1 Å². The highest BCUT2D eigenvalue weighted by Crippen LogP contribution is 2.35. The summed E-state index contributed by atoms with van der Waals surface area (Å²) < 4.78 is 0. The van der Waals surface area contributed by atoms with Gasteiger partial charge in [0, 0.05) is 16.3 Å². The summed E-state index contributed by atoms with van der Waals surface area (Å²) in [6.07, 6.45) is -1.05. The Bertz CT molecular complexity index is 389. The molecule has 1 heterocycles. The smallest absolute Gasteiger partial charge is 0.257 e. The molecule has 1 aromatic carbocycles. The maximum absolute atomic E-state index is 11.1. The summed E-state index contributed by atoms with van der Waals surface area (Å²) in [4.78, 5) is 11.1. The maximum atomic E-state index is 11.1. The fourth-order valence-electron chi connectivity index (χ4n) is 1.55. The predicted molar refractivity (Wildman–Crippen MR) is 49.8 cm³/mol. The lowest BCUT2D eigenvalue weighted by Crippen LogP contribution is -2.10. The Hall–Kier alpha value is -1.06. The van der Waals surface area contributed by atoms with Crippen molar-refractivity contribution in [2.75, 3.05) is 5.32 Å². The van der Waals surface area contributed by atoms with E-state index < -0.39 is 6.10 Å². The summed E-state index contributed by atoms with van der Waals surface area (Å²) in [7, 11) is 0. The van der Waals surface area contributed by atoms with Crippen molar-refractivity contribution < 1.29 is 9.90 Å². The number of aliphatic hydroxyl groups excluding tert-OH is 1. The molecule has 68 valence electrons. The van der Waals surface area contributed by atoms with E-state index >= 15 is 0 Å². The van der Waals surface area contributed by atoms with Crippen molar-refractivity contribution in [3.63, 3.8) is 0 Å². The first-order valence-corrected chi connectivity index (χ1v) is 4.26. The fraction of sp³-hybridized carbons (Fsp3) is 0.222. The summed E-state index contributed by atoms with van der Waals surface area (Å²) >= 11 is 5.79. The van der Waals surface area contributed by atoms with Crippen molar-refractivity contribution in [1.29, 1.82) is 0 Å². The first-order valence-electron chi connectivity index (χ1n) is 3.88. The minimum atomic E-state index is -1.05. The lowest BCUT2D eigenvalue weighted by atomic mass is 10.0. The van der Waals surface area contributed by atoms with Gasteiger partial charge in [0.05, 0.1) is 0 Å². The van der Waals surface area contributed by atoms with E-state index in [4.69, 9.17) is 11.6 Å². The Morgan fingerprint density at radius 2 is 2.23 bits per heavy atom. The van der Waals surface area contributed by atoms with Crippen molar-refractivity contribution in [3.8, 4) is 0 Å². The number of amides is 1. The summed E-state index contributed by atoms with van der Waals surface area (Å²) in [5.74, 6) is -0.389. The van der Waals surface area contributed by atoms with Gasteiger partial charge in [-0.1, -0.05) is 11.6 Å². The molecule has 0 fully saturated rings. The van der Waals surface area contributed by atoms with E-state index in [1.165, 1.54) is 0 Å². The monoisotopic (exact) mass is 197 g/mol. The molecule has 1 aliphatic heterocycles. The molecule has 13 heavy (non-hydrogen) atoms. The molecule has 1 aliphatic rings. The number of fused-ring (bicyclic) bond motifs is 1. The van der Waals surface area contributed by atoms with Crippen molar-refractivity contribution in [2.24, 2.45) is 0 Å². The number of aryl methyl sites for hydroxylation is 1. The van der Waals surface area contributed by atoms with Gasteiger partial charge >= 0.3 is 0 Å². The van der Waals surface area contributed by atoms with Crippen LogP contribution in [0.3, 0.4) is 0 Å². The quantitative estimate of drug-likeness (QED) is 0.664. The number of aliphatic hydroxyl groups is 1. The number of nitrogens with one attached hydrogen (secondary N) is 1. The number of benzene rings is 1. The molecule has 0 saturated carbocycles. The standard InChI is InChI=1S/C9H8ClNO2/c1-4-2-5(10)3-6-7(4)8(12)9(13)11-6/h2-3,8,12H,1H3,(H,11,13). The van der Waals surface area contributed by atoms with Crippen LogP contribution >= 0.6 is 11.6 Å². The Morgan fingerprint density at radius 1 is 1.54 bits per heavy atom. The third kappa shape index (κ3) is 1.20. The second-order valence-corrected chi connectivity index (χ2v) is 3.51.